The van der Waals surface area contributed by atoms with Crippen LogP contribution in [-0.2, 0) is 9.47 Å². The van der Waals surface area contributed by atoms with Gasteiger partial charge < -0.3 is 19.5 Å². The number of carbonyl (C=O) groups excluding carboxylic acids is 1. The number of aromatic nitrogens is 3. The zero-order valence-corrected chi connectivity index (χ0v) is 16.0. The third kappa shape index (κ3) is 5.40. The average molecular weight is 380 g/mol. The summed E-state index contributed by atoms with van der Waals surface area (Å²) in [5.74, 6) is -0.853. The molecule has 0 bridgehead atoms. The van der Waals surface area contributed by atoms with Crippen LogP contribution < -0.4 is 10.1 Å². The van der Waals surface area contributed by atoms with Crippen LogP contribution in [0.5, 0.6) is 5.88 Å². The van der Waals surface area contributed by atoms with Gasteiger partial charge >= 0.3 is 5.97 Å². The van der Waals surface area contributed by atoms with Crippen LogP contribution in [0, 0.1) is 5.95 Å². The highest BCUT2D eigenvalue weighted by Crippen LogP contribution is 2.25. The van der Waals surface area contributed by atoms with Crippen molar-refractivity contribution < 1.29 is 23.4 Å². The Bertz CT molecular complexity index is 760. The molecule has 0 amide bonds. The maximum Gasteiger partial charge on any atom is 0.343 e. The Hall–Kier alpha value is -2.68. The Balaban J connectivity index is 2.40. The predicted octanol–water partition coefficient (Wildman–Crippen LogP) is 3.33. The Morgan fingerprint density at radius 1 is 1.33 bits per heavy atom. The van der Waals surface area contributed by atoms with E-state index in [1.165, 1.54) is 19.2 Å². The van der Waals surface area contributed by atoms with Crippen molar-refractivity contribution >= 4 is 17.5 Å². The number of halogens is 1. The molecule has 0 aromatic carbocycles. The fourth-order valence-corrected chi connectivity index (χ4v) is 2.63. The highest BCUT2D eigenvalue weighted by atomic mass is 19.1. The van der Waals surface area contributed by atoms with Gasteiger partial charge in [-0.15, -0.1) is 0 Å². The van der Waals surface area contributed by atoms with E-state index < -0.39 is 11.9 Å². The summed E-state index contributed by atoms with van der Waals surface area (Å²) in [4.78, 5) is 15.9. The minimum atomic E-state index is -0.711. The molecule has 0 saturated heterocycles. The second kappa shape index (κ2) is 9.86. The summed E-state index contributed by atoms with van der Waals surface area (Å²) in [5, 5.41) is 7.43. The molecule has 2 heterocycles. The van der Waals surface area contributed by atoms with Crippen molar-refractivity contribution in [3.8, 4) is 5.88 Å². The third-order valence-corrected chi connectivity index (χ3v) is 3.82. The normalized spacial score (nSPS) is 11.9. The van der Waals surface area contributed by atoms with Gasteiger partial charge in [-0.1, -0.05) is 13.3 Å². The van der Waals surface area contributed by atoms with Crippen LogP contribution in [0.15, 0.2) is 18.3 Å². The van der Waals surface area contributed by atoms with E-state index in [1.807, 2.05) is 0 Å². The molecule has 1 atom stereocenters. The van der Waals surface area contributed by atoms with Gasteiger partial charge in [0.25, 0.3) is 0 Å². The molecule has 27 heavy (non-hydrogen) atoms. The first-order valence-electron chi connectivity index (χ1n) is 8.76. The molecule has 9 heteroatoms. The van der Waals surface area contributed by atoms with E-state index >= 15 is 0 Å². The summed E-state index contributed by atoms with van der Waals surface area (Å²) >= 11 is 0. The molecular weight excluding hydrogens is 355 g/mol. The van der Waals surface area contributed by atoms with Crippen molar-refractivity contribution in [2.45, 2.75) is 32.7 Å². The van der Waals surface area contributed by atoms with Gasteiger partial charge in [-0.2, -0.15) is 14.5 Å². The van der Waals surface area contributed by atoms with Gasteiger partial charge in [0, 0.05) is 31.1 Å². The van der Waals surface area contributed by atoms with Crippen molar-refractivity contribution in [2.75, 3.05) is 32.8 Å². The second-order valence-electron chi connectivity index (χ2n) is 5.84. The van der Waals surface area contributed by atoms with Gasteiger partial charge in [0.1, 0.15) is 5.56 Å². The van der Waals surface area contributed by atoms with E-state index in [1.54, 1.807) is 24.9 Å². The number of methoxy groups -OCH3 is 2. The van der Waals surface area contributed by atoms with Crippen molar-refractivity contribution in [3.05, 3.63) is 29.8 Å². The van der Waals surface area contributed by atoms with Crippen LogP contribution >= 0.6 is 0 Å². The largest absolute Gasteiger partial charge is 0.481 e. The summed E-state index contributed by atoms with van der Waals surface area (Å²) in [7, 11) is 3.01. The third-order valence-electron chi connectivity index (χ3n) is 3.82. The molecule has 0 aliphatic heterocycles. The van der Waals surface area contributed by atoms with Crippen molar-refractivity contribution in [1.29, 1.82) is 0 Å². The lowest BCUT2D eigenvalue weighted by Gasteiger charge is -2.15. The highest BCUT2D eigenvalue weighted by Gasteiger charge is 2.22. The fraction of sp³-hybridized carbons (Fsp3) is 0.500. The highest BCUT2D eigenvalue weighted by molar-refractivity contribution is 5.95. The van der Waals surface area contributed by atoms with E-state index in [0.717, 1.165) is 12.8 Å². The Labute approximate surface area is 157 Å². The molecule has 1 N–H and O–H groups in total. The molecule has 0 saturated carbocycles. The number of carbonyl (C=O) groups is 1. The molecule has 148 valence electrons. The van der Waals surface area contributed by atoms with E-state index in [9.17, 15) is 9.18 Å². The fourth-order valence-electron chi connectivity index (χ4n) is 2.63. The van der Waals surface area contributed by atoms with Crippen molar-refractivity contribution in [1.82, 2.24) is 14.8 Å². The molecule has 8 nitrogen and oxygen atoms in total. The van der Waals surface area contributed by atoms with Gasteiger partial charge in [-0.25, -0.2) is 4.79 Å². The monoisotopic (exact) mass is 380 g/mol. The smallest absolute Gasteiger partial charge is 0.343 e. The molecule has 2 aromatic rings. The van der Waals surface area contributed by atoms with Crippen molar-refractivity contribution in [3.63, 3.8) is 0 Å². The average Bonchev–Trinajstić information content (AvgIpc) is 3.05. The number of esters is 1. The first-order chi connectivity index (χ1) is 13.0. The standard InChI is InChI=1S/C18H25FN4O4/c1-5-7-13(11-25-3)23-10-14(18(24)27-6-2)17(22-23)20-12-8-15(19)21-16(9-12)26-4/h8-10,13H,5-7,11H2,1-4H3,(H,20,21,22). The molecule has 0 spiro atoms. The van der Waals surface area contributed by atoms with Crippen LogP contribution in [0.3, 0.4) is 0 Å². The summed E-state index contributed by atoms with van der Waals surface area (Å²) in [6.45, 7) is 4.47. The molecule has 1 unspecified atom stereocenters. The van der Waals surface area contributed by atoms with Crippen LogP contribution in [-0.4, -0.2) is 48.2 Å². The van der Waals surface area contributed by atoms with Gasteiger partial charge in [0.15, 0.2) is 5.82 Å². The minimum absolute atomic E-state index is 0.0348. The maximum absolute atomic E-state index is 13.7. The number of rotatable bonds is 10. The number of hydrogen-bond acceptors (Lipinski definition) is 7. The lowest BCUT2D eigenvalue weighted by Crippen LogP contribution is -2.15. The quantitative estimate of drug-likeness (QED) is 0.500. The van der Waals surface area contributed by atoms with Crippen LogP contribution in [0.4, 0.5) is 15.9 Å². The van der Waals surface area contributed by atoms with E-state index in [4.69, 9.17) is 14.2 Å². The maximum atomic E-state index is 13.7. The Kier molecular flexibility index (Phi) is 7.54. The summed E-state index contributed by atoms with van der Waals surface area (Å²) in [5.41, 5.74) is 0.610. The Morgan fingerprint density at radius 2 is 2.11 bits per heavy atom. The molecule has 0 aliphatic carbocycles. The topological polar surface area (TPSA) is 87.5 Å². The molecule has 0 radical (unpaired) electrons. The predicted molar refractivity (Wildman–Crippen MR) is 98.0 cm³/mol. The number of nitrogens with one attached hydrogen (secondary N) is 1. The summed E-state index contributed by atoms with van der Waals surface area (Å²) < 4.78 is 30.7. The van der Waals surface area contributed by atoms with Gasteiger partial charge in [-0.05, 0) is 13.3 Å². The molecule has 0 aliphatic rings. The SMILES string of the molecule is CCCC(COC)n1cc(C(=O)OCC)c(Nc2cc(F)nc(OC)c2)n1. The lowest BCUT2D eigenvalue weighted by molar-refractivity contribution is 0.0527. The minimum Gasteiger partial charge on any atom is -0.481 e. The van der Waals surface area contributed by atoms with Gasteiger partial charge in [0.2, 0.25) is 11.8 Å². The first-order valence-corrected chi connectivity index (χ1v) is 8.76. The lowest BCUT2D eigenvalue weighted by atomic mass is 10.2. The number of anilines is 2. The number of pyridine rings is 1. The molecule has 0 fully saturated rings. The number of nitrogens with zero attached hydrogens (tertiary/aromatic N) is 3. The number of ether oxygens (including phenoxy) is 3. The summed E-state index contributed by atoms with van der Waals surface area (Å²) in [6, 6.07) is 2.66. The van der Waals surface area contributed by atoms with Gasteiger partial charge in [0.05, 0.1) is 26.4 Å². The van der Waals surface area contributed by atoms with Crippen LogP contribution in [0.25, 0.3) is 0 Å². The van der Waals surface area contributed by atoms with Crippen molar-refractivity contribution in [2.24, 2.45) is 0 Å². The summed E-state index contributed by atoms with van der Waals surface area (Å²) in [6.07, 6.45) is 3.38. The Morgan fingerprint density at radius 3 is 2.74 bits per heavy atom. The van der Waals surface area contributed by atoms with E-state index in [-0.39, 0.29) is 29.9 Å². The van der Waals surface area contributed by atoms with Crippen LogP contribution in [0.2, 0.25) is 0 Å². The molecular formula is C18H25FN4O4. The van der Waals surface area contributed by atoms with E-state index in [0.29, 0.717) is 12.3 Å². The van der Waals surface area contributed by atoms with E-state index in [2.05, 4.69) is 22.3 Å². The first kappa shape index (κ1) is 20.6. The molecule has 2 aromatic heterocycles. The second-order valence-corrected chi connectivity index (χ2v) is 5.84. The van der Waals surface area contributed by atoms with Gasteiger partial charge in [-0.3, -0.25) is 4.68 Å². The zero-order valence-electron chi connectivity index (χ0n) is 16.0. The molecule has 2 rings (SSSR count). The zero-order chi connectivity index (χ0) is 19.8. The number of hydrogen-bond donors (Lipinski definition) is 1. The van der Waals surface area contributed by atoms with Crippen LogP contribution in [0.1, 0.15) is 43.1 Å².